The molecule has 0 aliphatic carbocycles. The van der Waals surface area contributed by atoms with Crippen LogP contribution in [0, 0.1) is 21.7 Å². The van der Waals surface area contributed by atoms with Crippen LogP contribution in [0.2, 0.25) is 0 Å². The topological polar surface area (TPSA) is 20.2 Å². The van der Waals surface area contributed by atoms with Crippen LogP contribution in [0.5, 0.6) is 0 Å². The summed E-state index contributed by atoms with van der Waals surface area (Å²) in [5.41, 5.74) is 1.85. The summed E-state index contributed by atoms with van der Waals surface area (Å²) < 4.78 is 2.83. The highest BCUT2D eigenvalue weighted by atomic mass is 127. The highest BCUT2D eigenvalue weighted by Gasteiger charge is 1.94. The Morgan fingerprint density at radius 2 is 1.87 bits per heavy atom. The van der Waals surface area contributed by atoms with Crippen molar-refractivity contribution in [3.8, 4) is 21.7 Å². The van der Waals surface area contributed by atoms with Gasteiger partial charge in [-0.3, -0.25) is 0 Å². The van der Waals surface area contributed by atoms with E-state index in [-0.39, 0.29) is 6.10 Å². The first kappa shape index (κ1) is 12.1. The SMILES string of the molecule is CC(O)CC#Cc1ccccc1C#CI. The third-order valence-corrected chi connectivity index (χ3v) is 2.00. The number of halogens is 1. The minimum Gasteiger partial charge on any atom is -0.392 e. The highest BCUT2D eigenvalue weighted by Crippen LogP contribution is 2.05. The molecule has 0 aliphatic rings. The third-order valence-electron chi connectivity index (χ3n) is 1.73. The molecule has 0 heterocycles. The molecule has 0 saturated heterocycles. The Kier molecular flexibility index (Phi) is 5.25. The van der Waals surface area contributed by atoms with Gasteiger partial charge in [-0.2, -0.15) is 0 Å². The van der Waals surface area contributed by atoms with Crippen molar-refractivity contribution >= 4 is 22.6 Å². The van der Waals surface area contributed by atoms with Gasteiger partial charge in [0.1, 0.15) is 0 Å². The molecule has 0 bridgehead atoms. The van der Waals surface area contributed by atoms with Crippen LogP contribution in [-0.4, -0.2) is 11.2 Å². The lowest BCUT2D eigenvalue weighted by Crippen LogP contribution is -1.95. The Labute approximate surface area is 104 Å². The average Bonchev–Trinajstić information content (AvgIpc) is 2.20. The van der Waals surface area contributed by atoms with Crippen LogP contribution in [0.1, 0.15) is 24.5 Å². The Balaban J connectivity index is 2.90. The molecule has 1 atom stereocenters. The number of hydrogen-bond donors (Lipinski definition) is 1. The maximum Gasteiger partial charge on any atom is 0.0621 e. The quantitative estimate of drug-likeness (QED) is 0.624. The van der Waals surface area contributed by atoms with E-state index in [1.807, 2.05) is 46.9 Å². The molecule has 1 unspecified atom stereocenters. The van der Waals surface area contributed by atoms with Gasteiger partial charge < -0.3 is 5.11 Å². The first-order chi connectivity index (χ1) is 7.24. The van der Waals surface area contributed by atoms with E-state index in [1.165, 1.54) is 0 Å². The molecule has 15 heavy (non-hydrogen) atoms. The van der Waals surface area contributed by atoms with Crippen LogP contribution in [0.4, 0.5) is 0 Å². The average molecular weight is 310 g/mol. The molecule has 0 radical (unpaired) electrons. The fourth-order valence-corrected chi connectivity index (χ4v) is 1.34. The number of benzene rings is 1. The van der Waals surface area contributed by atoms with Gasteiger partial charge in [0.2, 0.25) is 0 Å². The van der Waals surface area contributed by atoms with E-state index in [0.29, 0.717) is 6.42 Å². The van der Waals surface area contributed by atoms with Crippen molar-refractivity contribution in [1.82, 2.24) is 0 Å². The fraction of sp³-hybridized carbons (Fsp3) is 0.231. The van der Waals surface area contributed by atoms with E-state index in [1.54, 1.807) is 6.92 Å². The lowest BCUT2D eigenvalue weighted by atomic mass is 10.1. The van der Waals surface area contributed by atoms with E-state index in [9.17, 15) is 0 Å². The first-order valence-corrected chi connectivity index (χ1v) is 5.69. The van der Waals surface area contributed by atoms with E-state index in [4.69, 9.17) is 5.11 Å². The smallest absolute Gasteiger partial charge is 0.0621 e. The number of hydrogen-bond acceptors (Lipinski definition) is 1. The van der Waals surface area contributed by atoms with E-state index in [0.717, 1.165) is 11.1 Å². The summed E-state index contributed by atoms with van der Waals surface area (Å²) in [4.78, 5) is 0. The first-order valence-electron chi connectivity index (χ1n) is 4.61. The molecule has 1 aromatic rings. The summed E-state index contributed by atoms with van der Waals surface area (Å²) >= 11 is 2.01. The summed E-state index contributed by atoms with van der Waals surface area (Å²) in [6.07, 6.45) is 0.117. The normalized spacial score (nSPS) is 10.6. The molecule has 1 N–H and O–H groups in total. The van der Waals surface area contributed by atoms with Gasteiger partial charge in [-0.05, 0) is 23.0 Å². The summed E-state index contributed by atoms with van der Waals surface area (Å²) in [5, 5.41) is 9.07. The Bertz CT molecular complexity index is 441. The third kappa shape index (κ3) is 4.38. The van der Waals surface area contributed by atoms with Crippen molar-refractivity contribution in [1.29, 1.82) is 0 Å². The van der Waals surface area contributed by atoms with Crippen molar-refractivity contribution in [3.63, 3.8) is 0 Å². The van der Waals surface area contributed by atoms with Gasteiger partial charge in [-0.25, -0.2) is 0 Å². The maximum atomic E-state index is 9.07. The predicted molar refractivity (Wildman–Crippen MR) is 70.5 cm³/mol. The molecule has 2 heteroatoms. The zero-order valence-electron chi connectivity index (χ0n) is 8.42. The summed E-state index contributed by atoms with van der Waals surface area (Å²) in [7, 11) is 0. The van der Waals surface area contributed by atoms with Gasteiger partial charge >= 0.3 is 0 Å². The molecule has 0 aromatic heterocycles. The fourth-order valence-electron chi connectivity index (χ4n) is 1.05. The zero-order chi connectivity index (χ0) is 11.1. The van der Waals surface area contributed by atoms with E-state index >= 15 is 0 Å². The van der Waals surface area contributed by atoms with Crippen LogP contribution in [-0.2, 0) is 0 Å². The van der Waals surface area contributed by atoms with Crippen molar-refractivity contribution in [2.45, 2.75) is 19.4 Å². The van der Waals surface area contributed by atoms with Gasteiger partial charge in [0.05, 0.1) is 6.10 Å². The van der Waals surface area contributed by atoms with Gasteiger partial charge in [0.15, 0.2) is 0 Å². The molecule has 1 rings (SSSR count). The van der Waals surface area contributed by atoms with Crippen LogP contribution >= 0.6 is 22.6 Å². The van der Waals surface area contributed by atoms with Gasteiger partial charge in [-0.1, -0.05) is 29.9 Å². The minimum atomic E-state index is -0.375. The van der Waals surface area contributed by atoms with E-state index < -0.39 is 0 Å². The second kappa shape index (κ2) is 6.50. The molecular weight excluding hydrogens is 299 g/mol. The van der Waals surface area contributed by atoms with Crippen molar-refractivity contribution < 1.29 is 5.11 Å². The summed E-state index contributed by atoms with van der Waals surface area (Å²) in [5.74, 6) is 8.93. The largest absolute Gasteiger partial charge is 0.392 e. The van der Waals surface area contributed by atoms with Gasteiger partial charge in [-0.15, -0.1) is 0 Å². The molecule has 0 aliphatic heterocycles. The van der Waals surface area contributed by atoms with Gasteiger partial charge in [0, 0.05) is 40.1 Å². The molecule has 0 saturated carbocycles. The molecule has 1 nitrogen and oxygen atoms in total. The van der Waals surface area contributed by atoms with Crippen LogP contribution < -0.4 is 0 Å². The van der Waals surface area contributed by atoms with Crippen molar-refractivity contribution in [2.24, 2.45) is 0 Å². The molecule has 76 valence electrons. The molecule has 1 aromatic carbocycles. The monoisotopic (exact) mass is 310 g/mol. The number of aliphatic hydroxyl groups excluding tert-OH is 1. The lowest BCUT2D eigenvalue weighted by molar-refractivity contribution is 0.201. The molecule has 0 amide bonds. The lowest BCUT2D eigenvalue weighted by Gasteiger charge is -1.96. The van der Waals surface area contributed by atoms with Gasteiger partial charge in [0.25, 0.3) is 0 Å². The minimum absolute atomic E-state index is 0.375. The molecule has 0 spiro atoms. The second-order valence-electron chi connectivity index (χ2n) is 3.12. The second-order valence-corrected chi connectivity index (χ2v) is 3.66. The Morgan fingerprint density at radius 1 is 1.27 bits per heavy atom. The predicted octanol–water partition coefficient (Wildman–Crippen LogP) is 2.55. The van der Waals surface area contributed by atoms with Crippen molar-refractivity contribution in [3.05, 3.63) is 35.4 Å². The standard InChI is InChI=1S/C13H11IO/c1-11(15)5-4-8-12-6-2-3-7-13(12)9-10-14/h2-3,6-7,11,15H,5H2,1H3. The Hall–Kier alpha value is -0.970. The van der Waals surface area contributed by atoms with Crippen LogP contribution in [0.3, 0.4) is 0 Å². The molecular formula is C13H11IO. The summed E-state index contributed by atoms with van der Waals surface area (Å²) in [6, 6.07) is 7.75. The number of rotatable bonds is 1. The zero-order valence-corrected chi connectivity index (χ0v) is 10.6. The Morgan fingerprint density at radius 3 is 2.40 bits per heavy atom. The van der Waals surface area contributed by atoms with Crippen molar-refractivity contribution in [2.75, 3.05) is 0 Å². The number of aliphatic hydroxyl groups is 1. The maximum absolute atomic E-state index is 9.07. The van der Waals surface area contributed by atoms with Crippen LogP contribution in [0.15, 0.2) is 24.3 Å². The van der Waals surface area contributed by atoms with E-state index in [2.05, 4.69) is 21.7 Å². The van der Waals surface area contributed by atoms with Crippen LogP contribution in [0.25, 0.3) is 0 Å². The molecule has 0 fully saturated rings. The highest BCUT2D eigenvalue weighted by molar-refractivity contribution is 14.1. The summed E-state index contributed by atoms with van der Waals surface area (Å²) in [6.45, 7) is 1.73.